The van der Waals surface area contributed by atoms with Gasteiger partial charge in [0, 0.05) is 50.2 Å². The number of benzene rings is 1. The molecule has 1 aliphatic rings. The van der Waals surface area contributed by atoms with Gasteiger partial charge in [-0.25, -0.2) is 19.3 Å². The molecule has 0 aliphatic carbocycles. The van der Waals surface area contributed by atoms with E-state index in [1.165, 1.54) is 10.9 Å². The number of nitrogens with zero attached hydrogens (tertiary/aromatic N) is 7. The van der Waals surface area contributed by atoms with Gasteiger partial charge in [0.1, 0.15) is 11.0 Å². The minimum atomic E-state index is -1.16. The lowest BCUT2D eigenvalue weighted by Crippen LogP contribution is -2.48. The number of pyridine rings is 1. The van der Waals surface area contributed by atoms with E-state index in [9.17, 15) is 14.7 Å². The number of piperazine rings is 1. The topological polar surface area (TPSA) is 121 Å². The average molecular weight is 555 g/mol. The standard InChI is InChI=1S/C30H34N8O3/c1-5-8-26(39)36-18-16-35(17-19-36)22-13-11-21(12-14-22)32-29-31-20-23-27(34-29)38(37(15-6-2)28(23)40)25-10-7-9-24(33-25)30(3,4)41/h5-7,9-14,20,41H,1-2,8,15-19H2,3-4H3,(H,31,32,34). The number of amides is 1. The van der Waals surface area contributed by atoms with Crippen molar-refractivity contribution in [2.45, 2.75) is 32.4 Å². The number of hydrogen-bond acceptors (Lipinski definition) is 8. The Hall–Kier alpha value is -4.77. The summed E-state index contributed by atoms with van der Waals surface area (Å²) in [5.41, 5.74) is 1.28. The van der Waals surface area contributed by atoms with Crippen LogP contribution in [0.25, 0.3) is 16.9 Å². The Kier molecular flexibility index (Phi) is 7.71. The first-order valence-electron chi connectivity index (χ1n) is 13.5. The highest BCUT2D eigenvalue weighted by molar-refractivity contribution is 5.78. The molecule has 2 N–H and O–H groups in total. The number of allylic oxidation sites excluding steroid dienone is 1. The minimum Gasteiger partial charge on any atom is -0.384 e. The SMILES string of the molecule is C=CCC(=O)N1CCN(c2ccc(Nc3ncc4c(=O)n(CC=C)n(-c5cccc(C(C)(C)O)n5)c4n3)cc2)CC1. The van der Waals surface area contributed by atoms with E-state index in [2.05, 4.69) is 38.3 Å². The number of aromatic nitrogens is 5. The Morgan fingerprint density at radius 3 is 2.44 bits per heavy atom. The second-order valence-electron chi connectivity index (χ2n) is 10.4. The van der Waals surface area contributed by atoms with Crippen molar-refractivity contribution in [3.05, 3.63) is 90.0 Å². The molecule has 41 heavy (non-hydrogen) atoms. The van der Waals surface area contributed by atoms with Crippen molar-refractivity contribution >= 4 is 34.3 Å². The monoisotopic (exact) mass is 554 g/mol. The molecule has 0 bridgehead atoms. The number of rotatable bonds is 9. The molecule has 1 saturated heterocycles. The molecule has 1 aromatic carbocycles. The van der Waals surface area contributed by atoms with Crippen LogP contribution < -0.4 is 15.8 Å². The fourth-order valence-electron chi connectivity index (χ4n) is 4.84. The van der Waals surface area contributed by atoms with Crippen molar-refractivity contribution in [3.8, 4) is 5.82 Å². The van der Waals surface area contributed by atoms with Crippen molar-refractivity contribution in [1.29, 1.82) is 0 Å². The maximum Gasteiger partial charge on any atom is 0.278 e. The maximum atomic E-state index is 13.2. The number of carbonyl (C=O) groups is 1. The van der Waals surface area contributed by atoms with Gasteiger partial charge in [0.2, 0.25) is 11.9 Å². The summed E-state index contributed by atoms with van der Waals surface area (Å²) in [6.07, 6.45) is 5.14. The summed E-state index contributed by atoms with van der Waals surface area (Å²) >= 11 is 0. The number of hydrogen-bond donors (Lipinski definition) is 2. The molecule has 11 nitrogen and oxygen atoms in total. The molecule has 0 unspecified atom stereocenters. The summed E-state index contributed by atoms with van der Waals surface area (Å²) in [5, 5.41) is 14.1. The molecule has 1 fully saturated rings. The van der Waals surface area contributed by atoms with Crippen LogP contribution in [0.2, 0.25) is 0 Å². The van der Waals surface area contributed by atoms with Crippen LogP contribution in [-0.4, -0.2) is 66.4 Å². The third-order valence-electron chi connectivity index (χ3n) is 7.00. The largest absolute Gasteiger partial charge is 0.384 e. The Bertz CT molecular complexity index is 1640. The lowest BCUT2D eigenvalue weighted by molar-refractivity contribution is -0.130. The first-order valence-corrected chi connectivity index (χ1v) is 13.5. The second-order valence-corrected chi connectivity index (χ2v) is 10.4. The molecule has 1 amide bonds. The molecule has 0 saturated carbocycles. The first kappa shape index (κ1) is 27.8. The fraction of sp³-hybridized carbons (Fsp3) is 0.300. The van der Waals surface area contributed by atoms with Crippen molar-refractivity contribution in [1.82, 2.24) is 29.2 Å². The lowest BCUT2D eigenvalue weighted by atomic mass is 10.1. The molecule has 212 valence electrons. The van der Waals surface area contributed by atoms with Gasteiger partial charge >= 0.3 is 0 Å². The predicted molar refractivity (Wildman–Crippen MR) is 160 cm³/mol. The van der Waals surface area contributed by atoms with Crippen molar-refractivity contribution < 1.29 is 9.90 Å². The van der Waals surface area contributed by atoms with Crippen LogP contribution in [0, 0.1) is 0 Å². The van der Waals surface area contributed by atoms with Gasteiger partial charge in [-0.3, -0.25) is 9.59 Å². The van der Waals surface area contributed by atoms with E-state index in [0.717, 1.165) is 24.5 Å². The van der Waals surface area contributed by atoms with Gasteiger partial charge in [0.15, 0.2) is 11.5 Å². The van der Waals surface area contributed by atoms with Crippen LogP contribution in [0.1, 0.15) is 26.0 Å². The molecule has 3 aromatic heterocycles. The van der Waals surface area contributed by atoms with Crippen LogP contribution in [0.5, 0.6) is 0 Å². The number of carbonyl (C=O) groups excluding carboxylic acids is 1. The van der Waals surface area contributed by atoms with E-state index < -0.39 is 5.60 Å². The third-order valence-corrected chi connectivity index (χ3v) is 7.00. The second kappa shape index (κ2) is 11.4. The molecule has 0 spiro atoms. The van der Waals surface area contributed by atoms with Gasteiger partial charge in [-0.05, 0) is 50.2 Å². The molecular weight excluding hydrogens is 520 g/mol. The summed E-state index contributed by atoms with van der Waals surface area (Å²) in [5.74, 6) is 0.878. The van der Waals surface area contributed by atoms with E-state index in [4.69, 9.17) is 0 Å². The molecule has 5 rings (SSSR count). The Morgan fingerprint density at radius 1 is 1.05 bits per heavy atom. The van der Waals surface area contributed by atoms with Crippen LogP contribution in [0.15, 0.2) is 78.8 Å². The predicted octanol–water partition coefficient (Wildman–Crippen LogP) is 3.36. The van der Waals surface area contributed by atoms with E-state index in [1.54, 1.807) is 48.9 Å². The van der Waals surface area contributed by atoms with Gasteiger partial charge in [0.25, 0.3) is 5.56 Å². The summed E-state index contributed by atoms with van der Waals surface area (Å²) < 4.78 is 3.12. The zero-order valence-electron chi connectivity index (χ0n) is 23.3. The summed E-state index contributed by atoms with van der Waals surface area (Å²) in [6, 6.07) is 13.2. The zero-order valence-corrected chi connectivity index (χ0v) is 23.3. The molecule has 0 radical (unpaired) electrons. The third kappa shape index (κ3) is 5.75. The molecule has 1 aliphatic heterocycles. The highest BCUT2D eigenvalue weighted by Crippen LogP contribution is 2.24. The average Bonchev–Trinajstić information content (AvgIpc) is 3.24. The van der Waals surface area contributed by atoms with Gasteiger partial charge in [-0.1, -0.05) is 18.2 Å². The summed E-state index contributed by atoms with van der Waals surface area (Å²) in [4.78, 5) is 43.2. The fourth-order valence-corrected chi connectivity index (χ4v) is 4.84. The Labute approximate surface area is 238 Å². The van der Waals surface area contributed by atoms with Crippen LogP contribution >= 0.6 is 0 Å². The van der Waals surface area contributed by atoms with Gasteiger partial charge < -0.3 is 20.2 Å². The van der Waals surface area contributed by atoms with Gasteiger partial charge in [0.05, 0.1) is 12.2 Å². The van der Waals surface area contributed by atoms with Crippen molar-refractivity contribution in [2.75, 3.05) is 36.4 Å². The van der Waals surface area contributed by atoms with Crippen LogP contribution in [0.3, 0.4) is 0 Å². The smallest absolute Gasteiger partial charge is 0.278 e. The van der Waals surface area contributed by atoms with Crippen LogP contribution in [0.4, 0.5) is 17.3 Å². The highest BCUT2D eigenvalue weighted by Gasteiger charge is 2.22. The van der Waals surface area contributed by atoms with E-state index >= 15 is 0 Å². The molecule has 4 aromatic rings. The molecular formula is C30H34N8O3. The summed E-state index contributed by atoms with van der Waals surface area (Å²) in [7, 11) is 0. The molecule has 4 heterocycles. The number of nitrogens with one attached hydrogen (secondary N) is 1. The first-order chi connectivity index (χ1) is 19.7. The molecule has 11 heteroatoms. The number of aliphatic hydroxyl groups is 1. The minimum absolute atomic E-state index is 0.113. The van der Waals surface area contributed by atoms with Gasteiger partial charge in [-0.15, -0.1) is 13.2 Å². The normalized spacial score (nSPS) is 13.8. The lowest BCUT2D eigenvalue weighted by Gasteiger charge is -2.36. The Morgan fingerprint density at radius 2 is 1.78 bits per heavy atom. The van der Waals surface area contributed by atoms with E-state index in [-0.39, 0.29) is 18.0 Å². The number of anilines is 3. The van der Waals surface area contributed by atoms with Crippen molar-refractivity contribution in [3.63, 3.8) is 0 Å². The maximum absolute atomic E-state index is 13.2. The van der Waals surface area contributed by atoms with Crippen molar-refractivity contribution in [2.24, 2.45) is 0 Å². The Balaban J connectivity index is 1.40. The molecule has 0 atom stereocenters. The quantitative estimate of drug-likeness (QED) is 0.302. The van der Waals surface area contributed by atoms with E-state index in [1.807, 2.05) is 29.2 Å². The highest BCUT2D eigenvalue weighted by atomic mass is 16.3. The van der Waals surface area contributed by atoms with E-state index in [0.29, 0.717) is 48.0 Å². The summed E-state index contributed by atoms with van der Waals surface area (Å²) in [6.45, 7) is 13.9. The van der Waals surface area contributed by atoms with Gasteiger partial charge in [-0.2, -0.15) is 4.98 Å². The number of fused-ring (bicyclic) bond motifs is 1. The zero-order chi connectivity index (χ0) is 29.1. The van der Waals surface area contributed by atoms with Crippen LogP contribution in [-0.2, 0) is 16.9 Å².